The summed E-state index contributed by atoms with van der Waals surface area (Å²) in [5.41, 5.74) is 4.89. The Labute approximate surface area is 143 Å². The maximum Gasteiger partial charge on any atom is 0.251 e. The minimum atomic E-state index is -0.110. The normalized spacial score (nSPS) is 11.2. The molecule has 0 unspecified atom stereocenters. The fourth-order valence-electron chi connectivity index (χ4n) is 2.74. The van der Waals surface area contributed by atoms with Gasteiger partial charge in [-0.25, -0.2) is 9.50 Å². The van der Waals surface area contributed by atoms with Gasteiger partial charge in [0, 0.05) is 30.6 Å². The first-order chi connectivity index (χ1) is 12.2. The number of hydrogen-bond acceptors (Lipinski definition) is 5. The van der Waals surface area contributed by atoms with E-state index in [4.69, 9.17) is 0 Å². The van der Waals surface area contributed by atoms with Crippen LogP contribution in [0.5, 0.6) is 0 Å². The average Bonchev–Trinajstić information content (AvgIpc) is 3.22. The van der Waals surface area contributed by atoms with E-state index in [1.807, 2.05) is 25.4 Å². The summed E-state index contributed by atoms with van der Waals surface area (Å²) >= 11 is 0. The lowest BCUT2D eigenvalue weighted by atomic mass is 10.1. The fourth-order valence-corrected chi connectivity index (χ4v) is 2.74. The summed E-state index contributed by atoms with van der Waals surface area (Å²) in [6.45, 7) is 2.53. The molecule has 0 fully saturated rings. The van der Waals surface area contributed by atoms with E-state index in [0.717, 1.165) is 35.3 Å². The van der Waals surface area contributed by atoms with Gasteiger partial charge in [-0.15, -0.1) is 0 Å². The number of aromatic nitrogens is 6. The molecule has 0 atom stereocenters. The van der Waals surface area contributed by atoms with Crippen molar-refractivity contribution in [2.45, 2.75) is 19.8 Å². The van der Waals surface area contributed by atoms with Gasteiger partial charge in [-0.3, -0.25) is 4.79 Å². The van der Waals surface area contributed by atoms with Crippen molar-refractivity contribution in [3.63, 3.8) is 0 Å². The zero-order valence-corrected chi connectivity index (χ0v) is 13.7. The van der Waals surface area contributed by atoms with Gasteiger partial charge in [0.1, 0.15) is 11.0 Å². The highest BCUT2D eigenvalue weighted by Gasteiger charge is 2.08. The summed E-state index contributed by atoms with van der Waals surface area (Å²) in [5, 5.41) is 17.8. The van der Waals surface area contributed by atoms with Gasteiger partial charge in [-0.1, -0.05) is 0 Å². The third-order valence-electron chi connectivity index (χ3n) is 4.00. The number of carbonyl (C=O) groups is 1. The molecule has 0 bridgehead atoms. The van der Waals surface area contributed by atoms with Crippen LogP contribution in [0.4, 0.5) is 0 Å². The summed E-state index contributed by atoms with van der Waals surface area (Å²) in [5.74, 6) is -0.110. The summed E-state index contributed by atoms with van der Waals surface area (Å²) in [6.07, 6.45) is 5.49. The van der Waals surface area contributed by atoms with Gasteiger partial charge in [-0.05, 0) is 43.5 Å². The lowest BCUT2D eigenvalue weighted by Gasteiger charge is -2.05. The predicted molar refractivity (Wildman–Crippen MR) is 92.3 cm³/mol. The van der Waals surface area contributed by atoms with Crippen LogP contribution in [0.15, 0.2) is 36.7 Å². The zero-order chi connectivity index (χ0) is 17.2. The van der Waals surface area contributed by atoms with Crippen LogP contribution >= 0.6 is 0 Å². The third kappa shape index (κ3) is 3.18. The maximum atomic E-state index is 12.2. The molecular weight excluding hydrogens is 318 g/mol. The molecule has 0 aliphatic heterocycles. The number of nitrogens with one attached hydrogen (secondary N) is 2. The van der Waals surface area contributed by atoms with Crippen molar-refractivity contribution in [2.75, 3.05) is 6.54 Å². The van der Waals surface area contributed by atoms with Crippen molar-refractivity contribution >= 4 is 22.6 Å². The van der Waals surface area contributed by atoms with Gasteiger partial charge in [0.05, 0.1) is 5.69 Å². The molecule has 0 radical (unpaired) electrons. The molecule has 8 nitrogen and oxygen atoms in total. The molecule has 1 aromatic carbocycles. The van der Waals surface area contributed by atoms with Crippen molar-refractivity contribution in [1.82, 2.24) is 35.3 Å². The average molecular weight is 335 g/mol. The molecule has 4 rings (SSSR count). The number of aromatic amines is 1. The molecule has 0 saturated heterocycles. The lowest BCUT2D eigenvalue weighted by molar-refractivity contribution is 0.0953. The summed E-state index contributed by atoms with van der Waals surface area (Å²) in [6, 6.07) is 7.19. The highest BCUT2D eigenvalue weighted by atomic mass is 16.1. The van der Waals surface area contributed by atoms with E-state index in [1.165, 1.54) is 0 Å². The van der Waals surface area contributed by atoms with Crippen molar-refractivity contribution in [2.24, 2.45) is 0 Å². The number of aryl methyl sites for hydroxylation is 2. The Morgan fingerprint density at radius 1 is 1.24 bits per heavy atom. The number of rotatable bonds is 5. The topological polar surface area (TPSA) is 101 Å². The molecular formula is C17H17N7O. The molecule has 126 valence electrons. The molecule has 25 heavy (non-hydrogen) atoms. The number of amides is 1. The second-order valence-electron chi connectivity index (χ2n) is 5.94. The smallest absolute Gasteiger partial charge is 0.251 e. The molecule has 3 aromatic heterocycles. The predicted octanol–water partition coefficient (Wildman–Crippen LogP) is 1.67. The highest BCUT2D eigenvalue weighted by Crippen LogP contribution is 2.10. The highest BCUT2D eigenvalue weighted by molar-refractivity contribution is 5.97. The maximum absolute atomic E-state index is 12.2. The van der Waals surface area contributed by atoms with Crippen LogP contribution in [-0.4, -0.2) is 42.5 Å². The van der Waals surface area contributed by atoms with Gasteiger partial charge in [-0.2, -0.15) is 20.5 Å². The van der Waals surface area contributed by atoms with E-state index >= 15 is 0 Å². The number of carbonyl (C=O) groups excluding carboxylic acids is 1. The standard InChI is InChI=1S/C17H17N7O/c1-11-7-16-19-9-12(10-24(16)22-11)3-2-6-18-17(25)13-4-5-14-15(8-13)21-23-20-14/h4-5,7-10H,2-3,6H2,1H3,(H,18,25)(H,20,21,23). The van der Waals surface area contributed by atoms with Crippen molar-refractivity contribution in [1.29, 1.82) is 0 Å². The van der Waals surface area contributed by atoms with Gasteiger partial charge in [0.2, 0.25) is 0 Å². The number of H-pyrrole nitrogens is 1. The van der Waals surface area contributed by atoms with Gasteiger partial charge >= 0.3 is 0 Å². The summed E-state index contributed by atoms with van der Waals surface area (Å²) < 4.78 is 1.79. The van der Waals surface area contributed by atoms with E-state index in [0.29, 0.717) is 17.6 Å². The van der Waals surface area contributed by atoms with Crippen LogP contribution in [0, 0.1) is 6.92 Å². The molecule has 3 heterocycles. The van der Waals surface area contributed by atoms with Crippen LogP contribution in [0.2, 0.25) is 0 Å². The molecule has 4 aromatic rings. The monoisotopic (exact) mass is 335 g/mol. The summed E-state index contributed by atoms with van der Waals surface area (Å²) in [4.78, 5) is 16.6. The summed E-state index contributed by atoms with van der Waals surface area (Å²) in [7, 11) is 0. The van der Waals surface area contributed by atoms with Gasteiger partial charge in [0.15, 0.2) is 5.65 Å². The van der Waals surface area contributed by atoms with E-state index in [1.54, 1.807) is 22.7 Å². The van der Waals surface area contributed by atoms with E-state index < -0.39 is 0 Å². The SMILES string of the molecule is Cc1cc2ncc(CCCNC(=O)c3ccc4n[nH]nc4c3)cn2n1. The second-order valence-corrected chi connectivity index (χ2v) is 5.94. The minimum absolute atomic E-state index is 0.110. The van der Waals surface area contributed by atoms with Crippen LogP contribution in [0.25, 0.3) is 16.7 Å². The Morgan fingerprint density at radius 2 is 2.12 bits per heavy atom. The minimum Gasteiger partial charge on any atom is -0.352 e. The van der Waals surface area contributed by atoms with Crippen LogP contribution in [0.3, 0.4) is 0 Å². The Kier molecular flexibility index (Phi) is 3.85. The fraction of sp³-hybridized carbons (Fsp3) is 0.235. The van der Waals surface area contributed by atoms with Crippen LogP contribution < -0.4 is 5.32 Å². The Balaban J connectivity index is 1.32. The number of nitrogens with zero attached hydrogens (tertiary/aromatic N) is 5. The van der Waals surface area contributed by atoms with Crippen molar-refractivity contribution in [3.8, 4) is 0 Å². The first-order valence-corrected chi connectivity index (χ1v) is 8.09. The van der Waals surface area contributed by atoms with E-state index in [2.05, 4.69) is 30.8 Å². The van der Waals surface area contributed by atoms with Crippen LogP contribution in [0.1, 0.15) is 28.0 Å². The zero-order valence-electron chi connectivity index (χ0n) is 13.7. The Morgan fingerprint density at radius 3 is 3.04 bits per heavy atom. The van der Waals surface area contributed by atoms with Gasteiger partial charge < -0.3 is 5.32 Å². The lowest BCUT2D eigenvalue weighted by Crippen LogP contribution is -2.24. The number of fused-ring (bicyclic) bond motifs is 2. The van der Waals surface area contributed by atoms with Gasteiger partial charge in [0.25, 0.3) is 5.91 Å². The second kappa shape index (κ2) is 6.31. The van der Waals surface area contributed by atoms with Crippen molar-refractivity contribution < 1.29 is 4.79 Å². The van der Waals surface area contributed by atoms with E-state index in [-0.39, 0.29) is 5.91 Å². The third-order valence-corrected chi connectivity index (χ3v) is 4.00. The molecule has 0 spiro atoms. The quantitative estimate of drug-likeness (QED) is 0.540. The first-order valence-electron chi connectivity index (χ1n) is 8.09. The number of hydrogen-bond donors (Lipinski definition) is 2. The molecule has 0 saturated carbocycles. The molecule has 8 heteroatoms. The molecule has 0 aliphatic carbocycles. The molecule has 2 N–H and O–H groups in total. The molecule has 1 amide bonds. The van der Waals surface area contributed by atoms with E-state index in [9.17, 15) is 4.79 Å². The Hall–Kier alpha value is -3.29. The van der Waals surface area contributed by atoms with Crippen LogP contribution in [-0.2, 0) is 6.42 Å². The van der Waals surface area contributed by atoms with Crippen molar-refractivity contribution in [3.05, 3.63) is 53.5 Å². The first kappa shape index (κ1) is 15.3. The molecule has 0 aliphatic rings. The Bertz CT molecular complexity index is 1050. The largest absolute Gasteiger partial charge is 0.352 e. The number of benzene rings is 1.